The molecule has 0 heterocycles. The summed E-state index contributed by atoms with van der Waals surface area (Å²) in [6.07, 6.45) is 0. The molecular weight excluding hydrogens is 392 g/mol. The zero-order chi connectivity index (χ0) is 21.0. The first kappa shape index (κ1) is 20.3. The Morgan fingerprint density at radius 1 is 0.966 bits per heavy atom. The molecule has 3 rings (SSSR count). The Hall–Kier alpha value is -3.39. The molecule has 0 amide bonds. The van der Waals surface area contributed by atoms with Crippen LogP contribution in [-0.4, -0.2) is 20.5 Å². The molecule has 0 radical (unpaired) electrons. The Bertz CT molecular complexity index is 1110. The summed E-state index contributed by atoms with van der Waals surface area (Å²) in [5, 5.41) is 10.9. The number of hydrogen-bond acceptors (Lipinski definition) is 5. The maximum atomic E-state index is 13.4. The highest BCUT2D eigenvalue weighted by molar-refractivity contribution is 7.92. The van der Waals surface area contributed by atoms with E-state index >= 15 is 0 Å². The molecule has 29 heavy (non-hydrogen) atoms. The summed E-state index contributed by atoms with van der Waals surface area (Å²) in [4.78, 5) is 10.3. The normalized spacial score (nSPS) is 11.1. The second-order valence-electron chi connectivity index (χ2n) is 6.39. The van der Waals surface area contributed by atoms with E-state index in [-0.39, 0.29) is 17.1 Å². The van der Waals surface area contributed by atoms with Gasteiger partial charge in [-0.3, -0.25) is 14.4 Å². The number of benzene rings is 3. The van der Waals surface area contributed by atoms with E-state index in [4.69, 9.17) is 4.74 Å². The third-order valence-electron chi connectivity index (χ3n) is 4.57. The van der Waals surface area contributed by atoms with Crippen molar-refractivity contribution >= 4 is 21.4 Å². The molecule has 0 N–H and O–H groups in total. The van der Waals surface area contributed by atoms with Gasteiger partial charge in [-0.1, -0.05) is 24.3 Å². The first-order valence-corrected chi connectivity index (χ1v) is 10.2. The topological polar surface area (TPSA) is 89.8 Å². The standard InChI is InChI=1S/C21H20N2O5S/c1-16-5-3-4-6-17(16)15-22(18-7-11-20(28-2)12-8-18)29(26,27)21-13-9-19(10-14-21)23(24)25/h3-14H,15H2,1-2H3. The zero-order valence-corrected chi connectivity index (χ0v) is 16.8. The average molecular weight is 412 g/mol. The van der Waals surface area contributed by atoms with E-state index in [1.54, 1.807) is 24.3 Å². The van der Waals surface area contributed by atoms with E-state index in [1.165, 1.54) is 35.7 Å². The number of ether oxygens (including phenoxy) is 1. The number of aryl methyl sites for hydroxylation is 1. The number of sulfonamides is 1. The summed E-state index contributed by atoms with van der Waals surface area (Å²) in [5.74, 6) is 0.609. The smallest absolute Gasteiger partial charge is 0.269 e. The van der Waals surface area contributed by atoms with Crippen molar-refractivity contribution in [2.24, 2.45) is 0 Å². The summed E-state index contributed by atoms with van der Waals surface area (Å²) < 4.78 is 33.3. The van der Waals surface area contributed by atoms with Crippen molar-refractivity contribution in [3.63, 3.8) is 0 Å². The maximum Gasteiger partial charge on any atom is 0.269 e. The van der Waals surface area contributed by atoms with Gasteiger partial charge in [0.2, 0.25) is 0 Å². The van der Waals surface area contributed by atoms with Crippen molar-refractivity contribution in [1.29, 1.82) is 0 Å². The highest BCUT2D eigenvalue weighted by atomic mass is 32.2. The van der Waals surface area contributed by atoms with Gasteiger partial charge in [-0.2, -0.15) is 0 Å². The number of nitrogens with zero attached hydrogens (tertiary/aromatic N) is 2. The molecule has 0 atom stereocenters. The fourth-order valence-electron chi connectivity index (χ4n) is 2.87. The number of nitro groups is 1. The first-order valence-electron chi connectivity index (χ1n) is 8.78. The van der Waals surface area contributed by atoms with Crippen LogP contribution >= 0.6 is 0 Å². The molecule has 0 aliphatic rings. The van der Waals surface area contributed by atoms with E-state index in [9.17, 15) is 18.5 Å². The molecule has 0 spiro atoms. The summed E-state index contributed by atoms with van der Waals surface area (Å²) >= 11 is 0. The van der Waals surface area contributed by atoms with Gasteiger partial charge in [0.15, 0.2) is 0 Å². The van der Waals surface area contributed by atoms with Crippen molar-refractivity contribution in [3.05, 3.63) is 94.0 Å². The van der Waals surface area contributed by atoms with Crippen LogP contribution in [0.25, 0.3) is 0 Å². The molecule has 0 unspecified atom stereocenters. The third-order valence-corrected chi connectivity index (χ3v) is 6.36. The molecule has 8 heteroatoms. The average Bonchev–Trinajstić information content (AvgIpc) is 2.73. The molecule has 0 aromatic heterocycles. The summed E-state index contributed by atoms with van der Waals surface area (Å²) in [7, 11) is -2.43. The third kappa shape index (κ3) is 4.38. The molecule has 3 aromatic carbocycles. The number of anilines is 1. The zero-order valence-electron chi connectivity index (χ0n) is 16.0. The van der Waals surface area contributed by atoms with Gasteiger partial charge >= 0.3 is 0 Å². The minimum atomic E-state index is -3.96. The molecule has 0 aliphatic heterocycles. The Morgan fingerprint density at radius 3 is 2.14 bits per heavy atom. The van der Waals surface area contributed by atoms with Crippen LogP contribution in [0.4, 0.5) is 11.4 Å². The second-order valence-corrected chi connectivity index (χ2v) is 8.25. The van der Waals surface area contributed by atoms with Crippen LogP contribution in [0.3, 0.4) is 0 Å². The van der Waals surface area contributed by atoms with Crippen molar-refractivity contribution in [1.82, 2.24) is 0 Å². The largest absolute Gasteiger partial charge is 0.497 e. The van der Waals surface area contributed by atoms with Gasteiger partial charge in [0.05, 0.1) is 29.2 Å². The highest BCUT2D eigenvalue weighted by Crippen LogP contribution is 2.29. The predicted octanol–water partition coefficient (Wildman–Crippen LogP) is 4.31. The van der Waals surface area contributed by atoms with Crippen molar-refractivity contribution < 1.29 is 18.1 Å². The van der Waals surface area contributed by atoms with Crippen LogP contribution in [0, 0.1) is 17.0 Å². The summed E-state index contributed by atoms with van der Waals surface area (Å²) in [6.45, 7) is 2.04. The van der Waals surface area contributed by atoms with Gasteiger partial charge in [-0.25, -0.2) is 8.42 Å². The number of non-ortho nitro benzene ring substituents is 1. The van der Waals surface area contributed by atoms with Gasteiger partial charge in [0.25, 0.3) is 15.7 Å². The lowest BCUT2D eigenvalue weighted by atomic mass is 10.1. The fraction of sp³-hybridized carbons (Fsp3) is 0.143. The quantitative estimate of drug-likeness (QED) is 0.426. The minimum absolute atomic E-state index is 0.0208. The minimum Gasteiger partial charge on any atom is -0.497 e. The second kappa shape index (κ2) is 8.32. The molecule has 0 saturated heterocycles. The van der Waals surface area contributed by atoms with Gasteiger partial charge in [0, 0.05) is 12.1 Å². The Balaban J connectivity index is 2.07. The maximum absolute atomic E-state index is 13.4. The molecular formula is C21H20N2O5S. The van der Waals surface area contributed by atoms with Crippen LogP contribution in [-0.2, 0) is 16.6 Å². The van der Waals surface area contributed by atoms with Crippen LogP contribution in [0.1, 0.15) is 11.1 Å². The van der Waals surface area contributed by atoms with Gasteiger partial charge in [-0.05, 0) is 54.4 Å². The van der Waals surface area contributed by atoms with Crippen molar-refractivity contribution in [2.45, 2.75) is 18.4 Å². The molecule has 150 valence electrons. The van der Waals surface area contributed by atoms with E-state index in [0.29, 0.717) is 11.4 Å². The van der Waals surface area contributed by atoms with E-state index in [0.717, 1.165) is 11.1 Å². The summed E-state index contributed by atoms with van der Waals surface area (Å²) in [5.41, 5.74) is 2.12. The fourth-order valence-corrected chi connectivity index (χ4v) is 4.32. The van der Waals surface area contributed by atoms with Gasteiger partial charge in [0.1, 0.15) is 5.75 Å². The number of methoxy groups -OCH3 is 1. The number of nitro benzene ring substituents is 1. The van der Waals surface area contributed by atoms with Crippen LogP contribution in [0.2, 0.25) is 0 Å². The molecule has 7 nitrogen and oxygen atoms in total. The molecule has 3 aromatic rings. The lowest BCUT2D eigenvalue weighted by Crippen LogP contribution is -2.30. The van der Waals surface area contributed by atoms with Gasteiger partial charge in [-0.15, -0.1) is 0 Å². The lowest BCUT2D eigenvalue weighted by molar-refractivity contribution is -0.384. The number of hydrogen-bond donors (Lipinski definition) is 0. The van der Waals surface area contributed by atoms with Crippen LogP contribution in [0.5, 0.6) is 5.75 Å². The number of rotatable bonds is 7. The summed E-state index contributed by atoms with van der Waals surface area (Å²) in [6, 6.07) is 19.1. The molecule has 0 aliphatic carbocycles. The van der Waals surface area contributed by atoms with Gasteiger partial charge < -0.3 is 4.74 Å². The molecule has 0 saturated carbocycles. The van der Waals surface area contributed by atoms with Crippen molar-refractivity contribution in [2.75, 3.05) is 11.4 Å². The lowest BCUT2D eigenvalue weighted by Gasteiger charge is -2.25. The monoisotopic (exact) mass is 412 g/mol. The van der Waals surface area contributed by atoms with E-state index in [2.05, 4.69) is 0 Å². The Labute approximate surface area is 169 Å². The van der Waals surface area contributed by atoms with Crippen molar-refractivity contribution in [3.8, 4) is 5.75 Å². The van der Waals surface area contributed by atoms with Crippen LogP contribution < -0.4 is 9.04 Å². The van der Waals surface area contributed by atoms with E-state index in [1.807, 2.05) is 31.2 Å². The molecule has 0 fully saturated rings. The predicted molar refractivity (Wildman–Crippen MR) is 111 cm³/mol. The SMILES string of the molecule is COc1ccc(N(Cc2ccccc2C)S(=O)(=O)c2ccc([N+](=O)[O-])cc2)cc1. The van der Waals surface area contributed by atoms with E-state index < -0.39 is 14.9 Å². The Kier molecular flexibility index (Phi) is 5.84. The molecule has 0 bridgehead atoms. The van der Waals surface area contributed by atoms with Crippen LogP contribution in [0.15, 0.2) is 77.7 Å². The Morgan fingerprint density at radius 2 is 1.59 bits per heavy atom. The first-order chi connectivity index (χ1) is 13.8. The highest BCUT2D eigenvalue weighted by Gasteiger charge is 2.26.